The quantitative estimate of drug-likeness (QED) is 0.619. The van der Waals surface area contributed by atoms with Crippen LogP contribution in [0.1, 0.15) is 28.4 Å². The van der Waals surface area contributed by atoms with E-state index in [4.69, 9.17) is 9.47 Å². The highest BCUT2D eigenvalue weighted by Crippen LogP contribution is 2.26. The summed E-state index contributed by atoms with van der Waals surface area (Å²) in [7, 11) is 0. The molecule has 2 aromatic rings. The number of carbonyl (C=O) groups excluding carboxylic acids is 1. The largest absolute Gasteiger partial charge is 0.494 e. The number of hydrogen-bond acceptors (Lipinski definition) is 3. The Morgan fingerprint density at radius 3 is 3.05 bits per heavy atom. The minimum atomic E-state index is -0.0294. The van der Waals surface area contributed by atoms with Crippen LogP contribution in [0.5, 0.6) is 11.5 Å². The van der Waals surface area contributed by atoms with Crippen LogP contribution in [0.25, 0.3) is 6.08 Å². The zero-order valence-electron chi connectivity index (χ0n) is 12.5. The van der Waals surface area contributed by atoms with Crippen molar-refractivity contribution in [2.75, 3.05) is 13.2 Å². The predicted molar refractivity (Wildman–Crippen MR) is 86.6 cm³/mol. The van der Waals surface area contributed by atoms with E-state index < -0.39 is 0 Å². The molecule has 0 saturated heterocycles. The minimum absolute atomic E-state index is 0.0294. The molecule has 22 heavy (non-hydrogen) atoms. The molecular weight excluding hydrogens is 276 g/mol. The van der Waals surface area contributed by atoms with E-state index in [9.17, 15) is 4.79 Å². The lowest BCUT2D eigenvalue weighted by Gasteiger charge is -2.04. The first-order valence-electron chi connectivity index (χ1n) is 7.47. The van der Waals surface area contributed by atoms with Crippen molar-refractivity contribution in [1.29, 1.82) is 0 Å². The van der Waals surface area contributed by atoms with Gasteiger partial charge in [-0.1, -0.05) is 24.3 Å². The third-order valence-electron chi connectivity index (χ3n) is 3.57. The Balaban J connectivity index is 1.74. The standard InChI is InChI=1S/C19H18O3/c1-2-21-17-5-3-4-15(13-17)18(20)8-6-14-7-9-19-16(12-14)10-11-22-19/h3-9,12-13H,2,10-11H2,1H3/b8-6+. The van der Waals surface area contributed by atoms with Crippen molar-refractivity contribution in [3.63, 3.8) is 0 Å². The van der Waals surface area contributed by atoms with Gasteiger partial charge in [-0.05, 0) is 48.4 Å². The monoisotopic (exact) mass is 294 g/mol. The SMILES string of the molecule is CCOc1cccc(C(=O)/C=C/c2ccc3c(c2)CCO3)c1. The summed E-state index contributed by atoms with van der Waals surface area (Å²) in [6.45, 7) is 3.25. The highest BCUT2D eigenvalue weighted by molar-refractivity contribution is 6.07. The van der Waals surface area contributed by atoms with Crippen LogP contribution in [0, 0.1) is 0 Å². The molecule has 0 bridgehead atoms. The second-order valence-corrected chi connectivity index (χ2v) is 5.12. The normalized spacial score (nSPS) is 13.0. The molecule has 0 aromatic heterocycles. The summed E-state index contributed by atoms with van der Waals surface area (Å²) in [5, 5.41) is 0. The summed E-state index contributed by atoms with van der Waals surface area (Å²) < 4.78 is 10.9. The van der Waals surface area contributed by atoms with Crippen LogP contribution in [0.15, 0.2) is 48.5 Å². The average molecular weight is 294 g/mol. The maximum absolute atomic E-state index is 12.2. The average Bonchev–Trinajstić information content (AvgIpc) is 3.01. The number of hydrogen-bond donors (Lipinski definition) is 0. The lowest BCUT2D eigenvalue weighted by atomic mass is 10.1. The highest BCUT2D eigenvalue weighted by atomic mass is 16.5. The fraction of sp³-hybridized carbons (Fsp3) is 0.211. The van der Waals surface area contributed by atoms with Gasteiger partial charge in [-0.2, -0.15) is 0 Å². The molecule has 0 amide bonds. The summed E-state index contributed by atoms with van der Waals surface area (Å²) in [5.74, 6) is 1.64. The van der Waals surface area contributed by atoms with Crippen molar-refractivity contribution in [3.05, 3.63) is 65.2 Å². The van der Waals surface area contributed by atoms with Crippen molar-refractivity contribution >= 4 is 11.9 Å². The van der Waals surface area contributed by atoms with Crippen molar-refractivity contribution in [3.8, 4) is 11.5 Å². The van der Waals surface area contributed by atoms with E-state index in [1.807, 2.05) is 37.3 Å². The molecule has 0 fully saturated rings. The van der Waals surface area contributed by atoms with Gasteiger partial charge >= 0.3 is 0 Å². The molecule has 0 unspecified atom stereocenters. The van der Waals surface area contributed by atoms with E-state index in [1.165, 1.54) is 5.56 Å². The fourth-order valence-corrected chi connectivity index (χ4v) is 2.48. The number of ether oxygens (including phenoxy) is 2. The Kier molecular flexibility index (Phi) is 4.24. The van der Waals surface area contributed by atoms with Crippen LogP contribution in [0.2, 0.25) is 0 Å². The molecule has 0 N–H and O–H groups in total. The summed E-state index contributed by atoms with van der Waals surface area (Å²) in [6, 6.07) is 13.2. The molecule has 1 aliphatic rings. The zero-order valence-corrected chi connectivity index (χ0v) is 12.5. The molecule has 0 radical (unpaired) electrons. The van der Waals surface area contributed by atoms with Crippen molar-refractivity contribution in [2.45, 2.75) is 13.3 Å². The molecule has 0 atom stereocenters. The van der Waals surface area contributed by atoms with E-state index in [0.29, 0.717) is 12.2 Å². The third kappa shape index (κ3) is 3.19. The number of carbonyl (C=O) groups is 1. The Labute approximate surface area is 130 Å². The van der Waals surface area contributed by atoms with Crippen LogP contribution in [0.3, 0.4) is 0 Å². The highest BCUT2D eigenvalue weighted by Gasteiger charge is 2.11. The molecule has 3 rings (SSSR count). The lowest BCUT2D eigenvalue weighted by molar-refractivity contribution is 0.104. The molecule has 3 nitrogen and oxygen atoms in total. The van der Waals surface area contributed by atoms with Gasteiger partial charge in [0, 0.05) is 12.0 Å². The maximum atomic E-state index is 12.2. The predicted octanol–water partition coefficient (Wildman–Crippen LogP) is 3.92. The van der Waals surface area contributed by atoms with Crippen LogP contribution in [0.4, 0.5) is 0 Å². The Bertz CT molecular complexity index is 716. The minimum Gasteiger partial charge on any atom is -0.494 e. The molecule has 3 heteroatoms. The molecule has 112 valence electrons. The number of ketones is 1. The van der Waals surface area contributed by atoms with Crippen LogP contribution in [-0.2, 0) is 6.42 Å². The molecule has 2 aromatic carbocycles. The van der Waals surface area contributed by atoms with Crippen LogP contribution in [-0.4, -0.2) is 19.0 Å². The Hall–Kier alpha value is -2.55. The number of rotatable bonds is 5. The van der Waals surface area contributed by atoms with E-state index in [2.05, 4.69) is 6.07 Å². The van der Waals surface area contributed by atoms with Crippen molar-refractivity contribution in [2.24, 2.45) is 0 Å². The number of allylic oxidation sites excluding steroid dienone is 1. The summed E-state index contributed by atoms with van der Waals surface area (Å²) >= 11 is 0. The van der Waals surface area contributed by atoms with E-state index >= 15 is 0 Å². The first kappa shape index (κ1) is 14.4. The molecule has 1 heterocycles. The van der Waals surface area contributed by atoms with E-state index in [-0.39, 0.29) is 5.78 Å². The van der Waals surface area contributed by atoms with Gasteiger partial charge in [0.15, 0.2) is 5.78 Å². The first-order chi connectivity index (χ1) is 10.8. The van der Waals surface area contributed by atoms with Gasteiger partial charge in [0.2, 0.25) is 0 Å². The Morgan fingerprint density at radius 1 is 1.27 bits per heavy atom. The lowest BCUT2D eigenvalue weighted by Crippen LogP contribution is -1.97. The third-order valence-corrected chi connectivity index (χ3v) is 3.57. The molecule has 1 aliphatic heterocycles. The molecule has 0 saturated carbocycles. The van der Waals surface area contributed by atoms with Crippen LogP contribution < -0.4 is 9.47 Å². The maximum Gasteiger partial charge on any atom is 0.185 e. The smallest absolute Gasteiger partial charge is 0.185 e. The second kappa shape index (κ2) is 6.48. The van der Waals surface area contributed by atoms with Crippen molar-refractivity contribution < 1.29 is 14.3 Å². The van der Waals surface area contributed by atoms with Gasteiger partial charge in [-0.3, -0.25) is 4.79 Å². The first-order valence-corrected chi connectivity index (χ1v) is 7.47. The van der Waals surface area contributed by atoms with Crippen molar-refractivity contribution in [1.82, 2.24) is 0 Å². The zero-order chi connectivity index (χ0) is 15.4. The van der Waals surface area contributed by atoms with Gasteiger partial charge in [0.1, 0.15) is 11.5 Å². The Morgan fingerprint density at radius 2 is 2.18 bits per heavy atom. The summed E-state index contributed by atoms with van der Waals surface area (Å²) in [5.41, 5.74) is 2.85. The van der Waals surface area contributed by atoms with Gasteiger partial charge < -0.3 is 9.47 Å². The van der Waals surface area contributed by atoms with Gasteiger partial charge in [0.05, 0.1) is 13.2 Å². The topological polar surface area (TPSA) is 35.5 Å². The molecule has 0 aliphatic carbocycles. The van der Waals surface area contributed by atoms with Gasteiger partial charge in [-0.15, -0.1) is 0 Å². The number of benzene rings is 2. The molecule has 0 spiro atoms. The number of fused-ring (bicyclic) bond motifs is 1. The van der Waals surface area contributed by atoms with E-state index in [0.717, 1.165) is 30.1 Å². The second-order valence-electron chi connectivity index (χ2n) is 5.12. The van der Waals surface area contributed by atoms with E-state index in [1.54, 1.807) is 18.2 Å². The van der Waals surface area contributed by atoms with Crippen LogP contribution >= 0.6 is 0 Å². The summed E-state index contributed by atoms with van der Waals surface area (Å²) in [4.78, 5) is 12.2. The van der Waals surface area contributed by atoms with Gasteiger partial charge in [0.25, 0.3) is 0 Å². The van der Waals surface area contributed by atoms with Gasteiger partial charge in [-0.25, -0.2) is 0 Å². The fourth-order valence-electron chi connectivity index (χ4n) is 2.48. The molecular formula is C19H18O3. The summed E-state index contributed by atoms with van der Waals surface area (Å²) in [6.07, 6.45) is 4.37.